The first-order valence-corrected chi connectivity index (χ1v) is 11.1. The topological polar surface area (TPSA) is 99.6 Å². The molecule has 1 amide bonds. The predicted molar refractivity (Wildman–Crippen MR) is 130 cm³/mol. The molecule has 1 fully saturated rings. The van der Waals surface area contributed by atoms with Gasteiger partial charge in [0.1, 0.15) is 5.60 Å². The lowest BCUT2D eigenvalue weighted by Crippen LogP contribution is -2.39. The van der Waals surface area contributed by atoms with E-state index in [9.17, 15) is 9.90 Å². The molecule has 1 atom stereocenters. The Kier molecular flexibility index (Phi) is 6.86. The molecule has 172 valence electrons. The largest absolute Gasteiger partial charge is 0.380 e. The van der Waals surface area contributed by atoms with Crippen molar-refractivity contribution in [2.45, 2.75) is 25.9 Å². The van der Waals surface area contributed by atoms with E-state index in [2.05, 4.69) is 37.6 Å². The second-order valence-corrected chi connectivity index (χ2v) is 8.20. The maximum absolute atomic E-state index is 12.2. The molecular formula is C25H29N5O3. The molecule has 33 heavy (non-hydrogen) atoms. The Balaban J connectivity index is 1.42. The Labute approximate surface area is 193 Å². The fourth-order valence-electron chi connectivity index (χ4n) is 3.44. The first-order valence-electron chi connectivity index (χ1n) is 11.1. The second kappa shape index (κ2) is 9.97. The van der Waals surface area contributed by atoms with Crippen molar-refractivity contribution in [3.63, 3.8) is 0 Å². The fraction of sp³-hybridized carbons (Fsp3) is 0.320. The molecule has 1 aromatic heterocycles. The van der Waals surface area contributed by atoms with Gasteiger partial charge in [-0.05, 0) is 55.8 Å². The van der Waals surface area contributed by atoms with Gasteiger partial charge in [-0.25, -0.2) is 9.97 Å². The first kappa shape index (κ1) is 22.7. The van der Waals surface area contributed by atoms with Crippen LogP contribution in [0.2, 0.25) is 0 Å². The van der Waals surface area contributed by atoms with Crippen molar-refractivity contribution in [1.82, 2.24) is 9.97 Å². The molecule has 0 bridgehead atoms. The number of aliphatic hydroxyl groups is 1. The quantitative estimate of drug-likeness (QED) is 0.506. The maximum atomic E-state index is 12.2. The van der Waals surface area contributed by atoms with Gasteiger partial charge in [-0.15, -0.1) is 0 Å². The number of amides is 1. The highest BCUT2D eigenvalue weighted by Crippen LogP contribution is 2.24. The summed E-state index contributed by atoms with van der Waals surface area (Å²) in [6, 6.07) is 17.4. The Morgan fingerprint density at radius 2 is 1.73 bits per heavy atom. The average Bonchev–Trinajstić information content (AvgIpc) is 2.85. The van der Waals surface area contributed by atoms with E-state index in [-0.39, 0.29) is 0 Å². The number of hydrogen-bond donors (Lipinski definition) is 3. The standard InChI is InChI=1S/C25H29N5O3/c1-3-25(2,32)23(31)27-19-6-4-18(5-7-19)22-12-13-26-24(29-22)28-20-8-10-21(11-9-20)30-14-16-33-17-15-30/h4-13,32H,3,14-17H2,1-2H3,(H,27,31)(H,26,28,29)/t25-/m1/s1. The number of rotatable bonds is 7. The number of aromatic nitrogens is 2. The molecule has 3 aromatic rings. The number of ether oxygens (including phenoxy) is 1. The molecule has 8 nitrogen and oxygen atoms in total. The average molecular weight is 448 g/mol. The minimum atomic E-state index is -1.40. The molecule has 1 saturated heterocycles. The molecule has 0 saturated carbocycles. The first-order chi connectivity index (χ1) is 15.9. The van der Waals surface area contributed by atoms with E-state index in [1.54, 1.807) is 25.3 Å². The van der Waals surface area contributed by atoms with Gasteiger partial charge in [0.25, 0.3) is 5.91 Å². The van der Waals surface area contributed by atoms with E-state index in [4.69, 9.17) is 4.74 Å². The van der Waals surface area contributed by atoms with Gasteiger partial charge in [0.2, 0.25) is 5.95 Å². The van der Waals surface area contributed by atoms with Gasteiger partial charge >= 0.3 is 0 Å². The molecule has 2 heterocycles. The Morgan fingerprint density at radius 1 is 1.06 bits per heavy atom. The van der Waals surface area contributed by atoms with Crippen molar-refractivity contribution in [1.29, 1.82) is 0 Å². The minimum absolute atomic E-state index is 0.337. The van der Waals surface area contributed by atoms with Crippen molar-refractivity contribution in [2.75, 3.05) is 41.8 Å². The SMILES string of the molecule is CC[C@@](C)(O)C(=O)Nc1ccc(-c2ccnc(Nc3ccc(N4CCOCC4)cc3)n2)cc1. The van der Waals surface area contributed by atoms with Gasteiger partial charge < -0.3 is 25.4 Å². The van der Waals surface area contributed by atoms with Crippen LogP contribution < -0.4 is 15.5 Å². The van der Waals surface area contributed by atoms with Crippen molar-refractivity contribution < 1.29 is 14.6 Å². The third-order valence-electron chi connectivity index (χ3n) is 5.77. The molecule has 1 aliphatic rings. The van der Waals surface area contributed by atoms with Crippen LogP contribution >= 0.6 is 0 Å². The van der Waals surface area contributed by atoms with Crippen molar-refractivity contribution in [2.24, 2.45) is 0 Å². The van der Waals surface area contributed by atoms with Crippen LogP contribution in [0.5, 0.6) is 0 Å². The summed E-state index contributed by atoms with van der Waals surface area (Å²) in [6.45, 7) is 6.59. The number of morpholine rings is 1. The summed E-state index contributed by atoms with van der Waals surface area (Å²) < 4.78 is 5.41. The van der Waals surface area contributed by atoms with Crippen molar-refractivity contribution >= 4 is 28.9 Å². The Hall–Kier alpha value is -3.49. The third-order valence-corrected chi connectivity index (χ3v) is 5.77. The lowest BCUT2D eigenvalue weighted by Gasteiger charge is -2.28. The highest BCUT2D eigenvalue weighted by molar-refractivity contribution is 5.96. The van der Waals surface area contributed by atoms with Crippen LogP contribution in [-0.4, -0.2) is 52.9 Å². The molecule has 4 rings (SSSR count). The molecular weight excluding hydrogens is 418 g/mol. The lowest BCUT2D eigenvalue weighted by atomic mass is 10.0. The van der Waals surface area contributed by atoms with E-state index in [0.29, 0.717) is 18.1 Å². The zero-order valence-corrected chi connectivity index (χ0v) is 18.9. The van der Waals surface area contributed by atoms with E-state index < -0.39 is 11.5 Å². The van der Waals surface area contributed by atoms with Crippen LogP contribution in [-0.2, 0) is 9.53 Å². The van der Waals surface area contributed by atoms with E-state index in [1.165, 1.54) is 12.6 Å². The summed E-state index contributed by atoms with van der Waals surface area (Å²) in [5, 5.41) is 16.1. The molecule has 0 spiro atoms. The van der Waals surface area contributed by atoms with Crippen LogP contribution in [0.1, 0.15) is 20.3 Å². The Bertz CT molecular complexity index is 1080. The third kappa shape index (κ3) is 5.66. The summed E-state index contributed by atoms with van der Waals surface area (Å²) in [5.74, 6) is 0.0777. The second-order valence-electron chi connectivity index (χ2n) is 8.20. The lowest BCUT2D eigenvalue weighted by molar-refractivity contribution is -0.132. The summed E-state index contributed by atoms with van der Waals surface area (Å²) in [5.41, 5.74) is 2.95. The number of anilines is 4. The summed E-state index contributed by atoms with van der Waals surface area (Å²) in [7, 11) is 0. The number of nitrogens with one attached hydrogen (secondary N) is 2. The zero-order chi connectivity index (χ0) is 23.3. The Morgan fingerprint density at radius 3 is 2.39 bits per heavy atom. The molecule has 0 unspecified atom stereocenters. The molecule has 8 heteroatoms. The van der Waals surface area contributed by atoms with Crippen LogP contribution in [0.4, 0.5) is 23.0 Å². The molecule has 1 aliphatic heterocycles. The van der Waals surface area contributed by atoms with E-state index in [0.717, 1.165) is 43.2 Å². The molecule has 0 radical (unpaired) electrons. The number of nitrogens with zero attached hydrogens (tertiary/aromatic N) is 3. The zero-order valence-electron chi connectivity index (χ0n) is 18.9. The maximum Gasteiger partial charge on any atom is 0.256 e. The monoisotopic (exact) mass is 447 g/mol. The van der Waals surface area contributed by atoms with Crippen molar-refractivity contribution in [3.8, 4) is 11.3 Å². The van der Waals surface area contributed by atoms with Crippen LogP contribution in [0.3, 0.4) is 0 Å². The predicted octanol–water partition coefficient (Wildman–Crippen LogP) is 3.82. The smallest absolute Gasteiger partial charge is 0.256 e. The van der Waals surface area contributed by atoms with Crippen LogP contribution in [0, 0.1) is 0 Å². The molecule has 0 aliphatic carbocycles. The van der Waals surface area contributed by atoms with Crippen LogP contribution in [0.15, 0.2) is 60.8 Å². The summed E-state index contributed by atoms with van der Waals surface area (Å²) >= 11 is 0. The fourth-order valence-corrected chi connectivity index (χ4v) is 3.44. The van der Waals surface area contributed by atoms with Crippen LogP contribution in [0.25, 0.3) is 11.3 Å². The van der Waals surface area contributed by atoms with E-state index >= 15 is 0 Å². The molecule has 2 aromatic carbocycles. The summed E-state index contributed by atoms with van der Waals surface area (Å²) in [6.07, 6.45) is 2.05. The van der Waals surface area contributed by atoms with Gasteiger partial charge in [-0.1, -0.05) is 19.1 Å². The number of hydrogen-bond acceptors (Lipinski definition) is 7. The number of carbonyl (C=O) groups is 1. The normalized spacial score (nSPS) is 15.5. The van der Waals surface area contributed by atoms with Gasteiger partial charge in [0.15, 0.2) is 0 Å². The van der Waals surface area contributed by atoms with Gasteiger partial charge in [0.05, 0.1) is 18.9 Å². The highest BCUT2D eigenvalue weighted by atomic mass is 16.5. The van der Waals surface area contributed by atoms with Gasteiger partial charge in [0, 0.05) is 41.9 Å². The highest BCUT2D eigenvalue weighted by Gasteiger charge is 2.27. The number of benzene rings is 2. The van der Waals surface area contributed by atoms with Gasteiger partial charge in [-0.2, -0.15) is 0 Å². The summed E-state index contributed by atoms with van der Waals surface area (Å²) in [4.78, 5) is 23.4. The number of carbonyl (C=O) groups excluding carboxylic acids is 1. The van der Waals surface area contributed by atoms with Gasteiger partial charge in [-0.3, -0.25) is 4.79 Å². The van der Waals surface area contributed by atoms with Crippen molar-refractivity contribution in [3.05, 3.63) is 60.8 Å². The molecule has 3 N–H and O–H groups in total. The minimum Gasteiger partial charge on any atom is -0.380 e. The van der Waals surface area contributed by atoms with E-state index in [1.807, 2.05) is 30.3 Å².